The molecule has 0 saturated heterocycles. The fourth-order valence-electron chi connectivity index (χ4n) is 2.07. The van der Waals surface area contributed by atoms with Gasteiger partial charge in [-0.1, -0.05) is 25.4 Å². The highest BCUT2D eigenvalue weighted by atomic mass is 35.5. The van der Waals surface area contributed by atoms with E-state index in [1.807, 2.05) is 13.8 Å². The van der Waals surface area contributed by atoms with Gasteiger partial charge in [-0.3, -0.25) is 4.40 Å². The lowest BCUT2D eigenvalue weighted by molar-refractivity contribution is 0.119. The first kappa shape index (κ1) is 16.7. The van der Waals surface area contributed by atoms with Crippen LogP contribution in [0.4, 0.5) is 0 Å². The topological polar surface area (TPSA) is 83.7 Å². The highest BCUT2D eigenvalue weighted by Gasteiger charge is 2.30. The molecule has 0 spiro atoms. The monoisotopic (exact) mass is 351 g/mol. The average Bonchev–Trinajstić information content (AvgIpc) is 3.00. The van der Waals surface area contributed by atoms with Gasteiger partial charge in [-0.15, -0.1) is 11.3 Å². The molecule has 0 aliphatic rings. The van der Waals surface area contributed by atoms with Crippen molar-refractivity contribution in [2.45, 2.75) is 31.7 Å². The Hall–Kier alpha value is -0.670. The standard InChI is InChI=1S/C12H18ClN3O3S2/c1-3-12(4-2,8-17)7-14-21(18,19)10-9(13)15-11-16(10)5-6-20-11/h5-6,14,17H,3-4,7-8H2,1-2H3. The Labute approximate surface area is 132 Å². The molecule has 0 radical (unpaired) electrons. The van der Waals surface area contributed by atoms with Crippen LogP contribution in [0.25, 0.3) is 4.96 Å². The molecule has 0 atom stereocenters. The van der Waals surface area contributed by atoms with E-state index in [9.17, 15) is 13.5 Å². The average molecular weight is 352 g/mol. The number of aliphatic hydroxyl groups is 1. The quantitative estimate of drug-likeness (QED) is 0.800. The van der Waals surface area contributed by atoms with E-state index in [0.29, 0.717) is 17.8 Å². The number of aliphatic hydroxyl groups excluding tert-OH is 1. The normalized spacial score (nSPS) is 13.1. The molecule has 9 heteroatoms. The van der Waals surface area contributed by atoms with Crippen LogP contribution in [0, 0.1) is 5.41 Å². The molecule has 2 aromatic rings. The molecule has 0 aliphatic carbocycles. The number of imidazole rings is 1. The third-order valence-electron chi connectivity index (χ3n) is 3.91. The summed E-state index contributed by atoms with van der Waals surface area (Å²) in [4.78, 5) is 4.55. The van der Waals surface area contributed by atoms with Crippen molar-refractivity contribution in [1.82, 2.24) is 14.1 Å². The second-order valence-electron chi connectivity index (χ2n) is 4.95. The Kier molecular flexibility index (Phi) is 4.94. The van der Waals surface area contributed by atoms with E-state index in [0.717, 1.165) is 0 Å². The summed E-state index contributed by atoms with van der Waals surface area (Å²) in [5, 5.41) is 11.2. The lowest BCUT2D eigenvalue weighted by atomic mass is 9.84. The summed E-state index contributed by atoms with van der Waals surface area (Å²) in [6.07, 6.45) is 2.97. The third-order valence-corrected chi connectivity index (χ3v) is 6.46. The van der Waals surface area contributed by atoms with E-state index < -0.39 is 15.4 Å². The van der Waals surface area contributed by atoms with Gasteiger partial charge in [0.05, 0.1) is 0 Å². The van der Waals surface area contributed by atoms with Gasteiger partial charge < -0.3 is 5.11 Å². The minimum atomic E-state index is -3.79. The zero-order valence-corrected chi connectivity index (χ0v) is 14.2. The van der Waals surface area contributed by atoms with E-state index in [-0.39, 0.29) is 23.3 Å². The van der Waals surface area contributed by atoms with Crippen molar-refractivity contribution >= 4 is 37.9 Å². The van der Waals surface area contributed by atoms with E-state index in [4.69, 9.17) is 11.6 Å². The van der Waals surface area contributed by atoms with Gasteiger partial charge in [0.2, 0.25) is 0 Å². The van der Waals surface area contributed by atoms with Crippen LogP contribution in [-0.2, 0) is 10.0 Å². The number of halogens is 1. The smallest absolute Gasteiger partial charge is 0.259 e. The van der Waals surface area contributed by atoms with Gasteiger partial charge in [-0.25, -0.2) is 18.1 Å². The fraction of sp³-hybridized carbons (Fsp3) is 0.583. The van der Waals surface area contributed by atoms with Crippen LogP contribution in [-0.4, -0.2) is 36.1 Å². The summed E-state index contributed by atoms with van der Waals surface area (Å²) >= 11 is 7.26. The van der Waals surface area contributed by atoms with Gasteiger partial charge in [0.15, 0.2) is 15.1 Å². The first-order valence-electron chi connectivity index (χ1n) is 6.60. The lowest BCUT2D eigenvalue weighted by Gasteiger charge is -2.29. The van der Waals surface area contributed by atoms with E-state index >= 15 is 0 Å². The minimum Gasteiger partial charge on any atom is -0.396 e. The molecule has 0 fully saturated rings. The van der Waals surface area contributed by atoms with E-state index in [2.05, 4.69) is 9.71 Å². The molecule has 0 saturated carbocycles. The Balaban J connectivity index is 2.31. The molecule has 0 unspecified atom stereocenters. The lowest BCUT2D eigenvalue weighted by Crippen LogP contribution is -2.39. The van der Waals surface area contributed by atoms with Crippen molar-refractivity contribution in [3.05, 3.63) is 16.7 Å². The maximum atomic E-state index is 12.5. The molecule has 6 nitrogen and oxygen atoms in total. The number of hydrogen-bond donors (Lipinski definition) is 2. The van der Waals surface area contributed by atoms with Crippen LogP contribution in [0.5, 0.6) is 0 Å². The number of rotatable bonds is 7. The maximum absolute atomic E-state index is 12.5. The Morgan fingerprint density at radius 2 is 2.14 bits per heavy atom. The minimum absolute atomic E-state index is 0.0445. The summed E-state index contributed by atoms with van der Waals surface area (Å²) in [6.45, 7) is 3.94. The highest BCUT2D eigenvalue weighted by molar-refractivity contribution is 7.89. The number of hydrogen-bond acceptors (Lipinski definition) is 5. The fourth-order valence-corrected chi connectivity index (χ4v) is 4.68. The molecule has 2 rings (SSSR count). The second-order valence-corrected chi connectivity index (χ2v) is 7.87. The largest absolute Gasteiger partial charge is 0.396 e. The molecule has 0 aliphatic heterocycles. The van der Waals surface area contributed by atoms with Gasteiger partial charge in [-0.2, -0.15) is 0 Å². The van der Waals surface area contributed by atoms with Crippen molar-refractivity contribution in [1.29, 1.82) is 0 Å². The first-order chi connectivity index (χ1) is 9.89. The summed E-state index contributed by atoms with van der Waals surface area (Å²) in [5.74, 6) is 0. The van der Waals surface area contributed by atoms with Gasteiger partial charge in [0.1, 0.15) is 0 Å². The van der Waals surface area contributed by atoms with Crippen molar-refractivity contribution in [2.75, 3.05) is 13.2 Å². The van der Waals surface area contributed by atoms with Crippen LogP contribution in [0.3, 0.4) is 0 Å². The molecule has 2 heterocycles. The predicted octanol–water partition coefficient (Wildman–Crippen LogP) is 2.13. The SMILES string of the molecule is CCC(CC)(CO)CNS(=O)(=O)c1c(Cl)nc2sccn12. The van der Waals surface area contributed by atoms with Crippen molar-refractivity contribution < 1.29 is 13.5 Å². The summed E-state index contributed by atoms with van der Waals surface area (Å²) in [6, 6.07) is 0. The number of fused-ring (bicyclic) bond motifs is 1. The number of nitrogens with one attached hydrogen (secondary N) is 1. The molecule has 2 aromatic heterocycles. The van der Waals surface area contributed by atoms with Crippen molar-refractivity contribution in [3.63, 3.8) is 0 Å². The molecular formula is C12H18ClN3O3S2. The first-order valence-corrected chi connectivity index (χ1v) is 9.35. The van der Waals surface area contributed by atoms with Crippen molar-refractivity contribution in [3.8, 4) is 0 Å². The molecule has 118 valence electrons. The van der Waals surface area contributed by atoms with Gasteiger partial charge in [0.25, 0.3) is 10.0 Å². The zero-order chi connectivity index (χ0) is 15.7. The number of sulfonamides is 1. The molecule has 2 N–H and O–H groups in total. The summed E-state index contributed by atoms with van der Waals surface area (Å²) < 4.78 is 29.0. The van der Waals surface area contributed by atoms with E-state index in [1.54, 1.807) is 11.6 Å². The Morgan fingerprint density at radius 3 is 2.71 bits per heavy atom. The van der Waals surface area contributed by atoms with E-state index in [1.165, 1.54) is 15.7 Å². The highest BCUT2D eigenvalue weighted by Crippen LogP contribution is 2.28. The molecule has 21 heavy (non-hydrogen) atoms. The number of thiazole rings is 1. The summed E-state index contributed by atoms with van der Waals surface area (Å²) in [7, 11) is -3.79. The van der Waals surface area contributed by atoms with Crippen LogP contribution >= 0.6 is 22.9 Å². The Bertz CT molecular complexity index is 711. The third kappa shape index (κ3) is 3.09. The number of aromatic nitrogens is 2. The van der Waals surface area contributed by atoms with Crippen LogP contribution < -0.4 is 4.72 Å². The van der Waals surface area contributed by atoms with Crippen LogP contribution in [0.15, 0.2) is 16.6 Å². The molecule has 0 bridgehead atoms. The van der Waals surface area contributed by atoms with Crippen LogP contribution in [0.1, 0.15) is 26.7 Å². The second kappa shape index (κ2) is 6.21. The van der Waals surface area contributed by atoms with Gasteiger partial charge >= 0.3 is 0 Å². The summed E-state index contributed by atoms with van der Waals surface area (Å²) in [5.41, 5.74) is -0.460. The molecule has 0 aromatic carbocycles. The Morgan fingerprint density at radius 1 is 1.48 bits per heavy atom. The molecule has 0 amide bonds. The predicted molar refractivity (Wildman–Crippen MR) is 83.4 cm³/mol. The zero-order valence-electron chi connectivity index (χ0n) is 11.8. The van der Waals surface area contributed by atoms with Crippen LogP contribution in [0.2, 0.25) is 5.15 Å². The van der Waals surface area contributed by atoms with Gasteiger partial charge in [0, 0.05) is 30.1 Å². The number of nitrogens with zero attached hydrogens (tertiary/aromatic N) is 2. The van der Waals surface area contributed by atoms with Crippen molar-refractivity contribution in [2.24, 2.45) is 5.41 Å². The van der Waals surface area contributed by atoms with Gasteiger partial charge in [-0.05, 0) is 12.8 Å². The molecular weight excluding hydrogens is 334 g/mol. The maximum Gasteiger partial charge on any atom is 0.259 e.